The number of hydrogen-bond donors (Lipinski definition) is 1. The molecule has 2 aliphatic rings. The summed E-state index contributed by atoms with van der Waals surface area (Å²) >= 11 is 3.54. The van der Waals surface area contributed by atoms with E-state index >= 15 is 0 Å². The quantitative estimate of drug-likeness (QED) is 0.746. The minimum atomic E-state index is 0.467. The molecule has 1 spiro atoms. The predicted octanol–water partition coefficient (Wildman–Crippen LogP) is 4.08. The van der Waals surface area contributed by atoms with Gasteiger partial charge in [-0.3, -0.25) is 0 Å². The Labute approximate surface area is 99.4 Å². The molecule has 1 N–H and O–H groups in total. The third-order valence-electron chi connectivity index (χ3n) is 3.98. The van der Waals surface area contributed by atoms with E-state index in [2.05, 4.69) is 39.4 Å². The summed E-state index contributed by atoms with van der Waals surface area (Å²) in [5.74, 6) is 0. The van der Waals surface area contributed by atoms with Crippen molar-refractivity contribution in [1.82, 2.24) is 0 Å². The number of anilines is 1. The van der Waals surface area contributed by atoms with Crippen LogP contribution >= 0.6 is 15.9 Å². The molecule has 0 aromatic heterocycles. The van der Waals surface area contributed by atoms with Gasteiger partial charge in [0.25, 0.3) is 0 Å². The van der Waals surface area contributed by atoms with Gasteiger partial charge in [0.05, 0.1) is 0 Å². The van der Waals surface area contributed by atoms with Gasteiger partial charge in [-0.05, 0) is 30.5 Å². The van der Waals surface area contributed by atoms with E-state index in [-0.39, 0.29) is 0 Å². The fraction of sp³-hybridized carbons (Fsp3) is 0.538. The molecule has 0 unspecified atom stereocenters. The predicted molar refractivity (Wildman–Crippen MR) is 67.4 cm³/mol. The van der Waals surface area contributed by atoms with Gasteiger partial charge in [0, 0.05) is 22.1 Å². The summed E-state index contributed by atoms with van der Waals surface area (Å²) in [4.78, 5) is 0. The van der Waals surface area contributed by atoms with Crippen LogP contribution in [-0.2, 0) is 5.41 Å². The summed E-state index contributed by atoms with van der Waals surface area (Å²) in [6.45, 7) is 1.15. The van der Waals surface area contributed by atoms with Gasteiger partial charge < -0.3 is 5.32 Å². The van der Waals surface area contributed by atoms with E-state index in [9.17, 15) is 0 Å². The van der Waals surface area contributed by atoms with Crippen LogP contribution in [0, 0.1) is 0 Å². The lowest BCUT2D eigenvalue weighted by Crippen LogP contribution is -2.30. The number of nitrogens with one attached hydrogen (secondary N) is 1. The Bertz CT molecular complexity index is 380. The van der Waals surface area contributed by atoms with Crippen molar-refractivity contribution in [3.63, 3.8) is 0 Å². The molecule has 0 saturated heterocycles. The second-order valence-electron chi connectivity index (χ2n) is 4.88. The van der Waals surface area contributed by atoms with E-state index in [4.69, 9.17) is 0 Å². The third kappa shape index (κ3) is 1.50. The van der Waals surface area contributed by atoms with Crippen LogP contribution in [0.2, 0.25) is 0 Å². The summed E-state index contributed by atoms with van der Waals surface area (Å²) in [5, 5.41) is 3.57. The fourth-order valence-corrected chi connectivity index (χ4v) is 3.52. The zero-order valence-electron chi connectivity index (χ0n) is 8.85. The van der Waals surface area contributed by atoms with Gasteiger partial charge >= 0.3 is 0 Å². The Hall–Kier alpha value is -0.500. The monoisotopic (exact) mass is 265 g/mol. The van der Waals surface area contributed by atoms with Crippen LogP contribution in [-0.4, -0.2) is 6.54 Å². The first-order valence-corrected chi connectivity index (χ1v) is 6.63. The second kappa shape index (κ2) is 3.51. The average Bonchev–Trinajstić information content (AvgIpc) is 2.58. The van der Waals surface area contributed by atoms with Crippen molar-refractivity contribution in [2.24, 2.45) is 0 Å². The fourth-order valence-electron chi connectivity index (χ4n) is 3.16. The van der Waals surface area contributed by atoms with Crippen LogP contribution in [0.15, 0.2) is 22.7 Å². The van der Waals surface area contributed by atoms with Crippen LogP contribution in [0.3, 0.4) is 0 Å². The molecule has 0 amide bonds. The van der Waals surface area contributed by atoms with E-state index in [1.165, 1.54) is 42.3 Å². The summed E-state index contributed by atoms with van der Waals surface area (Å²) in [6, 6.07) is 6.71. The molecule has 1 aromatic carbocycles. The Morgan fingerprint density at radius 2 is 1.93 bits per heavy atom. The second-order valence-corrected chi connectivity index (χ2v) is 5.80. The molecule has 0 radical (unpaired) electrons. The maximum atomic E-state index is 3.57. The molecule has 1 fully saturated rings. The van der Waals surface area contributed by atoms with E-state index in [1.54, 1.807) is 5.56 Å². The van der Waals surface area contributed by atoms with Gasteiger partial charge in [0.1, 0.15) is 0 Å². The Balaban J connectivity index is 2.03. The molecule has 15 heavy (non-hydrogen) atoms. The Morgan fingerprint density at radius 1 is 1.13 bits per heavy atom. The molecule has 1 heterocycles. The molecule has 0 bridgehead atoms. The van der Waals surface area contributed by atoms with Crippen molar-refractivity contribution in [1.29, 1.82) is 0 Å². The number of hydrogen-bond acceptors (Lipinski definition) is 1. The topological polar surface area (TPSA) is 12.0 Å². The first-order chi connectivity index (χ1) is 7.30. The minimum Gasteiger partial charge on any atom is -0.384 e. The van der Waals surface area contributed by atoms with Gasteiger partial charge in [-0.1, -0.05) is 41.3 Å². The lowest BCUT2D eigenvalue weighted by atomic mass is 9.71. The smallest absolute Gasteiger partial charge is 0.0390 e. The molecule has 1 aliphatic heterocycles. The molecule has 3 rings (SSSR count). The van der Waals surface area contributed by atoms with E-state index in [0.717, 1.165) is 6.54 Å². The standard InChI is InChI=1S/C13H16BrN/c14-10-4-5-11-12(8-10)15-9-13(11)6-2-1-3-7-13/h4-5,8,15H,1-3,6-7,9H2. The molecule has 1 nitrogen and oxygen atoms in total. The number of halogens is 1. The van der Waals surface area contributed by atoms with Gasteiger partial charge in [-0.15, -0.1) is 0 Å². The number of benzene rings is 1. The SMILES string of the molecule is Brc1ccc2c(c1)NCC21CCCCC1. The van der Waals surface area contributed by atoms with Gasteiger partial charge in [0.2, 0.25) is 0 Å². The first kappa shape index (κ1) is 9.71. The molecule has 1 saturated carbocycles. The highest BCUT2D eigenvalue weighted by Gasteiger charge is 2.39. The Kier molecular flexibility index (Phi) is 2.27. The summed E-state index contributed by atoms with van der Waals surface area (Å²) in [7, 11) is 0. The van der Waals surface area contributed by atoms with Crippen molar-refractivity contribution in [3.8, 4) is 0 Å². The summed E-state index contributed by atoms with van der Waals surface area (Å²) in [6.07, 6.45) is 6.96. The normalized spacial score (nSPS) is 22.5. The van der Waals surface area contributed by atoms with Gasteiger partial charge in [-0.2, -0.15) is 0 Å². The van der Waals surface area contributed by atoms with Crippen LogP contribution in [0.5, 0.6) is 0 Å². The molecular formula is C13H16BrN. The van der Waals surface area contributed by atoms with Gasteiger partial charge in [0.15, 0.2) is 0 Å². The Morgan fingerprint density at radius 3 is 2.73 bits per heavy atom. The highest BCUT2D eigenvalue weighted by Crippen LogP contribution is 2.46. The zero-order valence-corrected chi connectivity index (χ0v) is 10.4. The lowest BCUT2D eigenvalue weighted by Gasteiger charge is -2.33. The van der Waals surface area contributed by atoms with E-state index in [0.29, 0.717) is 5.41 Å². The lowest BCUT2D eigenvalue weighted by molar-refractivity contribution is 0.319. The summed E-state index contributed by atoms with van der Waals surface area (Å²) < 4.78 is 1.18. The summed E-state index contributed by atoms with van der Waals surface area (Å²) in [5.41, 5.74) is 3.38. The molecule has 80 valence electrons. The highest BCUT2D eigenvalue weighted by atomic mass is 79.9. The molecule has 1 aromatic rings. The van der Waals surface area contributed by atoms with Crippen LogP contribution in [0.4, 0.5) is 5.69 Å². The van der Waals surface area contributed by atoms with Crippen molar-refractivity contribution in [2.45, 2.75) is 37.5 Å². The highest BCUT2D eigenvalue weighted by molar-refractivity contribution is 9.10. The number of fused-ring (bicyclic) bond motifs is 2. The third-order valence-corrected chi connectivity index (χ3v) is 4.47. The minimum absolute atomic E-state index is 0.467. The van der Waals surface area contributed by atoms with E-state index < -0.39 is 0 Å². The largest absolute Gasteiger partial charge is 0.384 e. The maximum absolute atomic E-state index is 3.57. The molecular weight excluding hydrogens is 250 g/mol. The van der Waals surface area contributed by atoms with Crippen LogP contribution in [0.25, 0.3) is 0 Å². The van der Waals surface area contributed by atoms with E-state index in [1.807, 2.05) is 0 Å². The molecule has 1 aliphatic carbocycles. The van der Waals surface area contributed by atoms with Crippen molar-refractivity contribution < 1.29 is 0 Å². The van der Waals surface area contributed by atoms with Crippen molar-refractivity contribution >= 4 is 21.6 Å². The average molecular weight is 266 g/mol. The zero-order chi connectivity index (χ0) is 10.3. The van der Waals surface area contributed by atoms with Crippen molar-refractivity contribution in [2.75, 3.05) is 11.9 Å². The maximum Gasteiger partial charge on any atom is 0.0390 e. The molecule has 0 atom stereocenters. The van der Waals surface area contributed by atoms with Crippen LogP contribution in [0.1, 0.15) is 37.7 Å². The number of rotatable bonds is 0. The van der Waals surface area contributed by atoms with Gasteiger partial charge in [-0.25, -0.2) is 0 Å². The van der Waals surface area contributed by atoms with Crippen molar-refractivity contribution in [3.05, 3.63) is 28.2 Å². The first-order valence-electron chi connectivity index (χ1n) is 5.84. The molecule has 2 heteroatoms. The van der Waals surface area contributed by atoms with Crippen LogP contribution < -0.4 is 5.32 Å².